The van der Waals surface area contributed by atoms with Crippen LogP contribution in [0.2, 0.25) is 0 Å². The summed E-state index contributed by atoms with van der Waals surface area (Å²) in [6.45, 7) is 4.22. The van der Waals surface area contributed by atoms with Gasteiger partial charge in [0.05, 0.1) is 24.4 Å². The van der Waals surface area contributed by atoms with Crippen molar-refractivity contribution < 1.29 is 19.0 Å². The molecule has 0 N–H and O–H groups in total. The highest BCUT2D eigenvalue weighted by Crippen LogP contribution is 2.37. The molecule has 0 aromatic heterocycles. The molecule has 0 aliphatic carbocycles. The van der Waals surface area contributed by atoms with Gasteiger partial charge in [0.1, 0.15) is 6.10 Å². The molecule has 0 aromatic carbocycles. The predicted octanol–water partition coefficient (Wildman–Crippen LogP) is 10.2. The monoisotopic (exact) mass is 546 g/mol. The standard InChI is InChI=1S/C35H62O4/c1-3-4-5-6-7-8-9-10-11-15-18-21-24-31-33(38-31)26-27-34-32(39-34)25-22-19-16-13-12-14-17-20-23-30-28-29(2)37-35(30)36/h28-29,31-34H,3-27H2,1-2H3/t29-,31+,32+,33-,34-/m0/s1. The molecule has 0 aromatic rings. The Morgan fingerprint density at radius 1 is 0.538 bits per heavy atom. The third-order valence-corrected chi connectivity index (χ3v) is 9.13. The van der Waals surface area contributed by atoms with E-state index < -0.39 is 0 Å². The van der Waals surface area contributed by atoms with Gasteiger partial charge in [0.25, 0.3) is 0 Å². The van der Waals surface area contributed by atoms with Crippen molar-refractivity contribution in [1.29, 1.82) is 0 Å². The van der Waals surface area contributed by atoms with E-state index in [1.165, 1.54) is 148 Å². The van der Waals surface area contributed by atoms with Gasteiger partial charge in [0, 0.05) is 5.57 Å². The van der Waals surface area contributed by atoms with Gasteiger partial charge in [-0.15, -0.1) is 0 Å². The average molecular weight is 547 g/mol. The first-order valence-corrected chi connectivity index (χ1v) is 17.4. The first-order chi connectivity index (χ1) is 19.2. The van der Waals surface area contributed by atoms with Crippen molar-refractivity contribution in [2.45, 2.75) is 205 Å². The zero-order valence-electron chi connectivity index (χ0n) is 25.8. The van der Waals surface area contributed by atoms with Gasteiger partial charge in [-0.2, -0.15) is 0 Å². The molecule has 4 heteroatoms. The molecule has 2 saturated heterocycles. The van der Waals surface area contributed by atoms with Gasteiger partial charge >= 0.3 is 5.97 Å². The number of carbonyl (C=O) groups is 1. The quantitative estimate of drug-likeness (QED) is 0.0584. The minimum atomic E-state index is -0.0977. The van der Waals surface area contributed by atoms with E-state index in [-0.39, 0.29) is 12.1 Å². The molecule has 0 unspecified atom stereocenters. The summed E-state index contributed by atoms with van der Waals surface area (Å²) in [5.41, 5.74) is 0.891. The van der Waals surface area contributed by atoms with E-state index in [2.05, 4.69) is 6.92 Å². The fraction of sp³-hybridized carbons (Fsp3) is 0.914. The maximum absolute atomic E-state index is 11.6. The summed E-state index contributed by atoms with van der Waals surface area (Å²) < 4.78 is 17.0. The van der Waals surface area contributed by atoms with Crippen LogP contribution in [0.5, 0.6) is 0 Å². The SMILES string of the molecule is CCCCCCCCCCCCCC[C@H]1O[C@H]1CC[C@@H]1O[C@@H]1CCCCCCCCCCC1=C[C@H](C)OC1=O. The van der Waals surface area contributed by atoms with Crippen molar-refractivity contribution in [3.8, 4) is 0 Å². The highest BCUT2D eigenvalue weighted by molar-refractivity contribution is 5.90. The van der Waals surface area contributed by atoms with Gasteiger partial charge in [0.15, 0.2) is 0 Å². The van der Waals surface area contributed by atoms with E-state index in [0.29, 0.717) is 24.4 Å². The molecule has 3 rings (SSSR count). The van der Waals surface area contributed by atoms with Crippen LogP contribution in [0.4, 0.5) is 0 Å². The first kappa shape index (κ1) is 32.6. The largest absolute Gasteiger partial charge is 0.455 e. The van der Waals surface area contributed by atoms with Crippen LogP contribution < -0.4 is 0 Å². The van der Waals surface area contributed by atoms with Gasteiger partial charge in [0.2, 0.25) is 0 Å². The zero-order chi connectivity index (χ0) is 27.5. The third kappa shape index (κ3) is 15.1. The van der Waals surface area contributed by atoms with Crippen molar-refractivity contribution in [3.05, 3.63) is 11.6 Å². The molecule has 0 radical (unpaired) electrons. The van der Waals surface area contributed by atoms with Crippen molar-refractivity contribution in [2.75, 3.05) is 0 Å². The summed E-state index contributed by atoms with van der Waals surface area (Å²) in [6.07, 6.45) is 37.3. The minimum Gasteiger partial charge on any atom is -0.455 e. The van der Waals surface area contributed by atoms with E-state index in [0.717, 1.165) is 18.4 Å². The summed E-state index contributed by atoms with van der Waals surface area (Å²) in [4.78, 5) is 11.6. The van der Waals surface area contributed by atoms with E-state index in [9.17, 15) is 4.79 Å². The summed E-state index contributed by atoms with van der Waals surface area (Å²) in [5, 5.41) is 0. The Hall–Kier alpha value is -0.870. The maximum Gasteiger partial charge on any atom is 0.334 e. The van der Waals surface area contributed by atoms with Crippen molar-refractivity contribution >= 4 is 5.97 Å². The molecule has 3 heterocycles. The predicted molar refractivity (Wildman–Crippen MR) is 162 cm³/mol. The lowest BCUT2D eigenvalue weighted by atomic mass is 10.0. The third-order valence-electron chi connectivity index (χ3n) is 9.13. The Morgan fingerprint density at radius 3 is 1.33 bits per heavy atom. The lowest BCUT2D eigenvalue weighted by Crippen LogP contribution is -2.03. The molecule has 3 aliphatic heterocycles. The highest BCUT2D eigenvalue weighted by atomic mass is 16.6. The smallest absolute Gasteiger partial charge is 0.334 e. The van der Waals surface area contributed by atoms with Gasteiger partial charge in [-0.25, -0.2) is 4.79 Å². The van der Waals surface area contributed by atoms with E-state index in [1.54, 1.807) is 0 Å². The highest BCUT2D eigenvalue weighted by Gasteiger charge is 2.42. The van der Waals surface area contributed by atoms with E-state index in [4.69, 9.17) is 14.2 Å². The Kier molecular flexibility index (Phi) is 16.8. The molecule has 3 aliphatic rings. The van der Waals surface area contributed by atoms with Crippen LogP contribution in [0.3, 0.4) is 0 Å². The Morgan fingerprint density at radius 2 is 0.923 bits per heavy atom. The Balaban J connectivity index is 0.993. The lowest BCUT2D eigenvalue weighted by Gasteiger charge is -2.03. The first-order valence-electron chi connectivity index (χ1n) is 17.4. The van der Waals surface area contributed by atoms with E-state index >= 15 is 0 Å². The van der Waals surface area contributed by atoms with Crippen LogP contribution in [-0.2, 0) is 19.0 Å². The number of carbonyl (C=O) groups excluding carboxylic acids is 1. The molecule has 5 atom stereocenters. The van der Waals surface area contributed by atoms with Crippen LogP contribution >= 0.6 is 0 Å². The van der Waals surface area contributed by atoms with Gasteiger partial charge < -0.3 is 14.2 Å². The van der Waals surface area contributed by atoms with Crippen LogP contribution in [0.15, 0.2) is 11.6 Å². The molecule has 226 valence electrons. The zero-order valence-corrected chi connectivity index (χ0v) is 25.8. The molecule has 4 nitrogen and oxygen atoms in total. The second-order valence-electron chi connectivity index (χ2n) is 12.9. The Labute approximate surface area is 241 Å². The lowest BCUT2D eigenvalue weighted by molar-refractivity contribution is -0.139. The van der Waals surface area contributed by atoms with Crippen LogP contribution in [0.1, 0.15) is 174 Å². The second-order valence-corrected chi connectivity index (χ2v) is 12.9. The number of ether oxygens (including phenoxy) is 3. The molecular weight excluding hydrogens is 484 g/mol. The molecule has 0 bridgehead atoms. The van der Waals surface area contributed by atoms with Crippen molar-refractivity contribution in [3.63, 3.8) is 0 Å². The number of esters is 1. The van der Waals surface area contributed by atoms with E-state index in [1.807, 2.05) is 13.0 Å². The normalized spacial score (nSPS) is 25.6. The van der Waals surface area contributed by atoms with Crippen LogP contribution in [0, 0.1) is 0 Å². The summed E-state index contributed by atoms with van der Waals surface area (Å²) in [7, 11) is 0. The fourth-order valence-corrected chi connectivity index (χ4v) is 6.43. The number of cyclic esters (lactones) is 1. The number of epoxide rings is 2. The van der Waals surface area contributed by atoms with Gasteiger partial charge in [-0.1, -0.05) is 129 Å². The average Bonchev–Trinajstić information content (AvgIpc) is 3.83. The summed E-state index contributed by atoms with van der Waals surface area (Å²) in [5.74, 6) is -0.0977. The van der Waals surface area contributed by atoms with Crippen LogP contribution in [-0.4, -0.2) is 36.5 Å². The number of hydrogen-bond donors (Lipinski definition) is 0. The second kappa shape index (κ2) is 20.1. The van der Waals surface area contributed by atoms with Crippen LogP contribution in [0.25, 0.3) is 0 Å². The fourth-order valence-electron chi connectivity index (χ4n) is 6.43. The van der Waals surface area contributed by atoms with Gasteiger partial charge in [-0.05, 0) is 51.5 Å². The van der Waals surface area contributed by atoms with Crippen molar-refractivity contribution in [2.24, 2.45) is 0 Å². The summed E-state index contributed by atoms with van der Waals surface area (Å²) >= 11 is 0. The number of unbranched alkanes of at least 4 members (excludes halogenated alkanes) is 18. The van der Waals surface area contributed by atoms with Crippen molar-refractivity contribution in [1.82, 2.24) is 0 Å². The number of rotatable bonds is 27. The van der Waals surface area contributed by atoms with Gasteiger partial charge in [-0.3, -0.25) is 0 Å². The summed E-state index contributed by atoms with van der Waals surface area (Å²) in [6, 6.07) is 0. The molecular formula is C35H62O4. The topological polar surface area (TPSA) is 51.4 Å². The Bertz CT molecular complexity index is 674. The molecule has 2 fully saturated rings. The molecule has 39 heavy (non-hydrogen) atoms. The molecule has 0 amide bonds. The molecule has 0 spiro atoms. The molecule has 0 saturated carbocycles. The maximum atomic E-state index is 11.6. The minimum absolute atomic E-state index is 0.0258. The number of hydrogen-bond acceptors (Lipinski definition) is 4.